The summed E-state index contributed by atoms with van der Waals surface area (Å²) in [6, 6.07) is -0.390. The van der Waals surface area contributed by atoms with Gasteiger partial charge in [-0.3, -0.25) is 9.59 Å². The van der Waals surface area contributed by atoms with Crippen LogP contribution in [-0.2, 0) is 9.59 Å². The average Bonchev–Trinajstić information content (AvgIpc) is 2.18. The minimum absolute atomic E-state index is 0.106. The van der Waals surface area contributed by atoms with Crippen molar-refractivity contribution in [2.24, 2.45) is 5.73 Å². The fourth-order valence-corrected chi connectivity index (χ4v) is 1.30. The molecule has 0 aromatic heterocycles. The summed E-state index contributed by atoms with van der Waals surface area (Å²) < 4.78 is 0. The molecule has 1 atom stereocenters. The van der Waals surface area contributed by atoms with Crippen LogP contribution in [0.3, 0.4) is 0 Å². The number of hydrogen-bond acceptors (Lipinski definition) is 3. The lowest BCUT2D eigenvalue weighted by Gasteiger charge is -2.21. The normalized spacial score (nSPS) is 22.1. The molecule has 5 nitrogen and oxygen atoms in total. The van der Waals surface area contributed by atoms with Gasteiger partial charge in [0.1, 0.15) is 6.04 Å². The number of carbonyl (C=O) groups is 2. The van der Waals surface area contributed by atoms with E-state index >= 15 is 0 Å². The Kier molecular flexibility index (Phi) is 4.12. The van der Waals surface area contributed by atoms with Gasteiger partial charge in [-0.05, 0) is 12.8 Å². The van der Waals surface area contributed by atoms with Crippen LogP contribution in [0.1, 0.15) is 12.8 Å². The predicted molar refractivity (Wildman–Crippen MR) is 52.4 cm³/mol. The molecule has 14 heavy (non-hydrogen) atoms. The Labute approximate surface area is 82.7 Å². The molecule has 2 amide bonds. The smallest absolute Gasteiger partial charge is 0.244 e. The molecule has 0 saturated carbocycles. The highest BCUT2D eigenvalue weighted by Crippen LogP contribution is 2.02. The van der Waals surface area contributed by atoms with E-state index in [0.717, 1.165) is 6.42 Å². The quantitative estimate of drug-likeness (QED) is 0.502. The van der Waals surface area contributed by atoms with Crippen LogP contribution in [-0.4, -0.2) is 30.9 Å². The van der Waals surface area contributed by atoms with Crippen LogP contribution in [0.15, 0.2) is 12.2 Å². The van der Waals surface area contributed by atoms with E-state index in [1.165, 1.54) is 6.08 Å². The lowest BCUT2D eigenvalue weighted by atomic mass is 10.1. The number of amides is 2. The van der Waals surface area contributed by atoms with E-state index in [4.69, 9.17) is 5.73 Å². The van der Waals surface area contributed by atoms with Gasteiger partial charge in [0.2, 0.25) is 11.8 Å². The maximum Gasteiger partial charge on any atom is 0.244 e. The van der Waals surface area contributed by atoms with Crippen molar-refractivity contribution in [2.75, 3.05) is 13.1 Å². The fraction of sp³-hybridized carbons (Fsp3) is 0.556. The van der Waals surface area contributed by atoms with Crippen molar-refractivity contribution in [3.63, 3.8) is 0 Å². The van der Waals surface area contributed by atoms with E-state index in [9.17, 15) is 9.59 Å². The van der Waals surface area contributed by atoms with E-state index in [0.29, 0.717) is 19.5 Å². The Morgan fingerprint density at radius 1 is 1.71 bits per heavy atom. The second-order valence-electron chi connectivity index (χ2n) is 3.13. The maximum atomic E-state index is 11.2. The summed E-state index contributed by atoms with van der Waals surface area (Å²) in [5.74, 6) is -0.372. The Balaban J connectivity index is 2.38. The monoisotopic (exact) mass is 197 g/mol. The molecule has 0 aromatic rings. The molecular weight excluding hydrogens is 182 g/mol. The first-order valence-electron chi connectivity index (χ1n) is 4.69. The second-order valence-corrected chi connectivity index (χ2v) is 3.13. The van der Waals surface area contributed by atoms with Gasteiger partial charge in [-0.2, -0.15) is 0 Å². The van der Waals surface area contributed by atoms with Gasteiger partial charge in [-0.1, -0.05) is 6.08 Å². The molecule has 0 spiro atoms. The molecule has 1 heterocycles. The summed E-state index contributed by atoms with van der Waals surface area (Å²) in [5.41, 5.74) is 5.19. The molecule has 1 aliphatic heterocycles. The van der Waals surface area contributed by atoms with Gasteiger partial charge in [0, 0.05) is 19.2 Å². The third-order valence-corrected chi connectivity index (χ3v) is 2.01. The second kappa shape index (κ2) is 5.39. The van der Waals surface area contributed by atoms with Gasteiger partial charge in [0.05, 0.1) is 0 Å². The molecule has 0 aliphatic carbocycles. The summed E-state index contributed by atoms with van der Waals surface area (Å²) in [7, 11) is 0. The van der Waals surface area contributed by atoms with E-state index in [1.54, 1.807) is 6.08 Å². The van der Waals surface area contributed by atoms with E-state index < -0.39 is 6.04 Å². The van der Waals surface area contributed by atoms with Gasteiger partial charge in [-0.25, -0.2) is 0 Å². The van der Waals surface area contributed by atoms with Crippen LogP contribution in [0.25, 0.3) is 0 Å². The third kappa shape index (κ3) is 3.18. The first-order valence-corrected chi connectivity index (χ1v) is 4.69. The molecule has 1 unspecified atom stereocenters. The summed E-state index contributed by atoms with van der Waals surface area (Å²) in [5, 5.41) is 5.30. The number of carbonyl (C=O) groups excluding carboxylic acids is 2. The fourth-order valence-electron chi connectivity index (χ4n) is 1.30. The van der Waals surface area contributed by atoms with Crippen LogP contribution in [0, 0.1) is 0 Å². The Morgan fingerprint density at radius 3 is 3.14 bits per heavy atom. The van der Waals surface area contributed by atoms with Gasteiger partial charge in [0.25, 0.3) is 0 Å². The zero-order valence-electron chi connectivity index (χ0n) is 7.95. The van der Waals surface area contributed by atoms with Crippen LogP contribution in [0.5, 0.6) is 0 Å². The van der Waals surface area contributed by atoms with Crippen molar-refractivity contribution in [3.05, 3.63) is 12.2 Å². The molecule has 1 aliphatic rings. The first-order chi connectivity index (χ1) is 6.74. The lowest BCUT2D eigenvalue weighted by Crippen LogP contribution is -2.49. The number of piperidine rings is 1. The van der Waals surface area contributed by atoms with Gasteiger partial charge in [0.15, 0.2) is 0 Å². The van der Waals surface area contributed by atoms with E-state index in [2.05, 4.69) is 10.6 Å². The maximum absolute atomic E-state index is 11.2. The van der Waals surface area contributed by atoms with Crippen LogP contribution < -0.4 is 16.4 Å². The van der Waals surface area contributed by atoms with E-state index in [1.807, 2.05) is 0 Å². The lowest BCUT2D eigenvalue weighted by molar-refractivity contribution is -0.128. The molecule has 4 N–H and O–H groups in total. The first kappa shape index (κ1) is 10.7. The molecule has 78 valence electrons. The summed E-state index contributed by atoms with van der Waals surface area (Å²) in [6.07, 6.45) is 4.50. The van der Waals surface area contributed by atoms with Crippen molar-refractivity contribution in [3.8, 4) is 0 Å². The zero-order valence-corrected chi connectivity index (χ0v) is 7.95. The molecule has 5 heteroatoms. The summed E-state index contributed by atoms with van der Waals surface area (Å²) in [4.78, 5) is 22.4. The van der Waals surface area contributed by atoms with Crippen molar-refractivity contribution in [1.82, 2.24) is 10.6 Å². The van der Waals surface area contributed by atoms with Gasteiger partial charge in [-0.15, -0.1) is 0 Å². The molecule has 0 aromatic carbocycles. The minimum Gasteiger partial charge on any atom is -0.354 e. The number of nitrogens with two attached hydrogens (primary N) is 1. The molecule has 0 radical (unpaired) electrons. The highest BCUT2D eigenvalue weighted by molar-refractivity contribution is 5.93. The number of nitrogens with one attached hydrogen (secondary N) is 2. The summed E-state index contributed by atoms with van der Waals surface area (Å²) in [6.45, 7) is 1.02. The Bertz CT molecular complexity index is 250. The van der Waals surface area contributed by atoms with E-state index in [-0.39, 0.29) is 11.8 Å². The number of hydrogen-bond donors (Lipinski definition) is 3. The topological polar surface area (TPSA) is 84.2 Å². The standard InChI is InChI=1S/C9H15N3O2/c10-5-1-4-8(13)12-7-3-2-6-11-9(7)14/h1,4,7H,2-3,5-6,10H2,(H,11,14)(H,12,13)/b4-1+. The molecule has 1 rings (SSSR count). The van der Waals surface area contributed by atoms with Crippen LogP contribution >= 0.6 is 0 Å². The van der Waals surface area contributed by atoms with Crippen LogP contribution in [0.2, 0.25) is 0 Å². The third-order valence-electron chi connectivity index (χ3n) is 2.01. The number of rotatable bonds is 3. The molecule has 1 fully saturated rings. The summed E-state index contributed by atoms with van der Waals surface area (Å²) >= 11 is 0. The van der Waals surface area contributed by atoms with Gasteiger partial charge >= 0.3 is 0 Å². The van der Waals surface area contributed by atoms with Crippen LogP contribution in [0.4, 0.5) is 0 Å². The highest BCUT2D eigenvalue weighted by Gasteiger charge is 2.22. The average molecular weight is 197 g/mol. The Hall–Kier alpha value is -1.36. The highest BCUT2D eigenvalue weighted by atomic mass is 16.2. The molecular formula is C9H15N3O2. The molecule has 0 bridgehead atoms. The molecule has 1 saturated heterocycles. The minimum atomic E-state index is -0.390. The van der Waals surface area contributed by atoms with Crippen molar-refractivity contribution in [1.29, 1.82) is 0 Å². The van der Waals surface area contributed by atoms with Crippen molar-refractivity contribution < 1.29 is 9.59 Å². The Morgan fingerprint density at radius 2 is 2.50 bits per heavy atom. The van der Waals surface area contributed by atoms with Crippen molar-refractivity contribution in [2.45, 2.75) is 18.9 Å². The van der Waals surface area contributed by atoms with Gasteiger partial charge < -0.3 is 16.4 Å². The zero-order chi connectivity index (χ0) is 10.4. The SMILES string of the molecule is NC/C=C/C(=O)NC1CCCNC1=O. The van der Waals surface area contributed by atoms with Crippen molar-refractivity contribution >= 4 is 11.8 Å². The largest absolute Gasteiger partial charge is 0.354 e. The predicted octanol–water partition coefficient (Wildman–Crippen LogP) is -1.10.